The topological polar surface area (TPSA) is 62.5 Å². The highest BCUT2D eigenvalue weighted by Crippen LogP contribution is 2.37. The summed E-state index contributed by atoms with van der Waals surface area (Å²) in [5, 5.41) is 0.236. The number of para-hydroxylation sites is 1. The summed E-state index contributed by atoms with van der Waals surface area (Å²) < 4.78 is 28.4. The summed E-state index contributed by atoms with van der Waals surface area (Å²) in [7, 11) is 0.648. The maximum absolute atomic E-state index is 14.3. The van der Waals surface area contributed by atoms with Crippen molar-refractivity contribution < 1.29 is 13.7 Å². The van der Waals surface area contributed by atoms with Gasteiger partial charge in [0.1, 0.15) is 5.82 Å². The van der Waals surface area contributed by atoms with Crippen LogP contribution in [0.4, 0.5) is 4.39 Å². The van der Waals surface area contributed by atoms with Gasteiger partial charge in [-0.2, -0.15) is 0 Å². The van der Waals surface area contributed by atoms with E-state index in [-0.39, 0.29) is 21.6 Å². The fourth-order valence-corrected chi connectivity index (χ4v) is 3.86. The minimum absolute atomic E-state index is 0.0537. The van der Waals surface area contributed by atoms with E-state index in [0.717, 1.165) is 9.13 Å². The van der Waals surface area contributed by atoms with Crippen LogP contribution < -0.4 is 16.7 Å². The molecule has 6 nitrogen and oxygen atoms in total. The molecule has 1 aliphatic rings. The van der Waals surface area contributed by atoms with Crippen LogP contribution in [0, 0.1) is 5.82 Å². The zero-order valence-corrected chi connectivity index (χ0v) is 18.1. The van der Waals surface area contributed by atoms with Gasteiger partial charge in [0.15, 0.2) is 0 Å². The molecule has 0 atom stereocenters. The lowest BCUT2D eigenvalue weighted by Crippen LogP contribution is -2.41. The summed E-state index contributed by atoms with van der Waals surface area (Å²) in [4.78, 5) is 26.1. The highest BCUT2D eigenvalue weighted by Gasteiger charge is 2.52. The Morgan fingerprint density at radius 1 is 1.00 bits per heavy atom. The quantitative estimate of drug-likeness (QED) is 0.587. The molecule has 2 heterocycles. The highest BCUT2D eigenvalue weighted by atomic mass is 35.5. The number of aromatic nitrogens is 2. The Labute approximate surface area is 177 Å². The smallest absolute Gasteiger partial charge is 0.399 e. The van der Waals surface area contributed by atoms with Gasteiger partial charge in [0.05, 0.1) is 32.8 Å². The lowest BCUT2D eigenvalue weighted by molar-refractivity contribution is 0.00578. The third-order valence-corrected chi connectivity index (χ3v) is 6.40. The summed E-state index contributed by atoms with van der Waals surface area (Å²) in [6.07, 6.45) is 0. The first kappa shape index (κ1) is 20.8. The summed E-state index contributed by atoms with van der Waals surface area (Å²) in [6, 6.07) is 9.06. The molecule has 30 heavy (non-hydrogen) atoms. The van der Waals surface area contributed by atoms with Gasteiger partial charge in [-0.1, -0.05) is 29.8 Å². The molecule has 9 heteroatoms. The number of hydrogen-bond donors (Lipinski definition) is 0. The number of halogens is 2. The molecule has 3 aromatic rings. The Kier molecular flexibility index (Phi) is 4.72. The predicted molar refractivity (Wildman–Crippen MR) is 115 cm³/mol. The van der Waals surface area contributed by atoms with E-state index in [1.807, 2.05) is 27.7 Å². The van der Waals surface area contributed by atoms with Gasteiger partial charge in [0.25, 0.3) is 5.56 Å². The molecule has 1 aliphatic heterocycles. The molecule has 0 unspecified atom stereocenters. The molecule has 0 aliphatic carbocycles. The van der Waals surface area contributed by atoms with E-state index in [1.165, 1.54) is 25.2 Å². The van der Waals surface area contributed by atoms with Crippen LogP contribution in [-0.2, 0) is 16.4 Å². The summed E-state index contributed by atoms with van der Waals surface area (Å²) in [5.74, 6) is -0.645. The van der Waals surface area contributed by atoms with Crippen LogP contribution in [0.5, 0.6) is 0 Å². The van der Waals surface area contributed by atoms with Crippen molar-refractivity contribution in [1.29, 1.82) is 0 Å². The molecule has 156 valence electrons. The van der Waals surface area contributed by atoms with Crippen molar-refractivity contribution in [2.24, 2.45) is 7.05 Å². The number of nitrogens with zero attached hydrogens (tertiary/aromatic N) is 2. The SMILES string of the molecule is Cn1c(=O)n(-c2cccc(B3OC(C)(C)C(C)(C)O3)c2Cl)c(=O)c2cccc(F)c21. The van der Waals surface area contributed by atoms with E-state index in [0.29, 0.717) is 5.46 Å². The Morgan fingerprint density at radius 2 is 1.60 bits per heavy atom. The van der Waals surface area contributed by atoms with Gasteiger partial charge in [-0.3, -0.25) is 9.36 Å². The molecule has 0 saturated carbocycles. The zero-order valence-electron chi connectivity index (χ0n) is 17.3. The van der Waals surface area contributed by atoms with Crippen LogP contribution in [0.25, 0.3) is 16.6 Å². The molecule has 1 aromatic heterocycles. The van der Waals surface area contributed by atoms with Crippen molar-refractivity contribution in [3.63, 3.8) is 0 Å². The lowest BCUT2D eigenvalue weighted by Gasteiger charge is -2.32. The number of rotatable bonds is 2. The second-order valence-electron chi connectivity index (χ2n) is 8.39. The van der Waals surface area contributed by atoms with Crippen molar-refractivity contribution in [3.8, 4) is 5.69 Å². The maximum atomic E-state index is 14.3. The van der Waals surface area contributed by atoms with Crippen LogP contribution in [0.3, 0.4) is 0 Å². The van der Waals surface area contributed by atoms with Crippen molar-refractivity contribution in [3.05, 3.63) is 68.1 Å². The standard InChI is InChI=1S/C21H21BClFN2O4/c1-20(2)21(3,4)30-22(29-20)13-9-7-11-15(16(13)23)26-18(27)12-8-6-10-14(24)17(12)25(5)19(26)28/h6-11H,1-5H3. The fourth-order valence-electron chi connectivity index (χ4n) is 3.56. The first-order valence-electron chi connectivity index (χ1n) is 9.51. The van der Waals surface area contributed by atoms with Crippen molar-refractivity contribution >= 4 is 35.1 Å². The third kappa shape index (κ3) is 2.94. The lowest BCUT2D eigenvalue weighted by atomic mass is 9.79. The fraction of sp³-hybridized carbons (Fsp3) is 0.333. The van der Waals surface area contributed by atoms with E-state index in [4.69, 9.17) is 20.9 Å². The van der Waals surface area contributed by atoms with E-state index in [9.17, 15) is 14.0 Å². The van der Waals surface area contributed by atoms with Crippen molar-refractivity contribution in [2.45, 2.75) is 38.9 Å². The monoisotopic (exact) mass is 430 g/mol. The Hall–Kier alpha value is -2.42. The Balaban J connectivity index is 1.95. The van der Waals surface area contributed by atoms with Gasteiger partial charge in [-0.05, 0) is 45.9 Å². The number of fused-ring (bicyclic) bond motifs is 1. The molecule has 1 saturated heterocycles. The maximum Gasteiger partial charge on any atom is 0.496 e. The molecule has 0 spiro atoms. The number of benzene rings is 2. The van der Waals surface area contributed by atoms with E-state index >= 15 is 0 Å². The van der Waals surface area contributed by atoms with Crippen LogP contribution in [0.15, 0.2) is 46.0 Å². The Bertz CT molecular complexity index is 1280. The van der Waals surface area contributed by atoms with Crippen LogP contribution in [0.2, 0.25) is 5.02 Å². The molecule has 4 rings (SSSR count). The van der Waals surface area contributed by atoms with Gasteiger partial charge in [-0.25, -0.2) is 13.8 Å². The van der Waals surface area contributed by atoms with Gasteiger partial charge in [0, 0.05) is 12.5 Å². The second-order valence-corrected chi connectivity index (χ2v) is 8.76. The van der Waals surface area contributed by atoms with Crippen LogP contribution in [-0.4, -0.2) is 27.5 Å². The summed E-state index contributed by atoms with van der Waals surface area (Å²) in [6.45, 7) is 7.68. The first-order chi connectivity index (χ1) is 14.0. The second kappa shape index (κ2) is 6.80. The number of hydrogen-bond acceptors (Lipinski definition) is 4. The molecule has 0 N–H and O–H groups in total. The minimum Gasteiger partial charge on any atom is -0.399 e. The van der Waals surface area contributed by atoms with E-state index in [1.54, 1.807) is 18.2 Å². The molecule has 0 radical (unpaired) electrons. The average Bonchev–Trinajstić information content (AvgIpc) is 2.88. The molecule has 0 amide bonds. The summed E-state index contributed by atoms with van der Waals surface area (Å²) in [5.41, 5.74) is -1.88. The largest absolute Gasteiger partial charge is 0.496 e. The molecule has 2 aromatic carbocycles. The van der Waals surface area contributed by atoms with E-state index < -0.39 is 35.4 Å². The normalized spacial score (nSPS) is 17.6. The van der Waals surface area contributed by atoms with Gasteiger partial charge in [0.2, 0.25) is 0 Å². The van der Waals surface area contributed by atoms with Crippen molar-refractivity contribution in [1.82, 2.24) is 9.13 Å². The Morgan fingerprint density at radius 3 is 2.23 bits per heavy atom. The molecule has 0 bridgehead atoms. The van der Waals surface area contributed by atoms with Crippen LogP contribution >= 0.6 is 11.6 Å². The third-order valence-electron chi connectivity index (χ3n) is 5.99. The molecular formula is C21H21BClFN2O4. The summed E-state index contributed by atoms with van der Waals surface area (Å²) >= 11 is 6.65. The average molecular weight is 431 g/mol. The minimum atomic E-state index is -0.764. The molecular weight excluding hydrogens is 410 g/mol. The number of aryl methyl sites for hydroxylation is 1. The van der Waals surface area contributed by atoms with Gasteiger partial charge >= 0.3 is 12.8 Å². The van der Waals surface area contributed by atoms with Crippen molar-refractivity contribution in [2.75, 3.05) is 0 Å². The van der Waals surface area contributed by atoms with Gasteiger partial charge < -0.3 is 9.31 Å². The van der Waals surface area contributed by atoms with Crippen LogP contribution in [0.1, 0.15) is 27.7 Å². The first-order valence-corrected chi connectivity index (χ1v) is 9.89. The highest BCUT2D eigenvalue weighted by molar-refractivity contribution is 6.66. The molecule has 1 fully saturated rings. The van der Waals surface area contributed by atoms with Gasteiger partial charge in [-0.15, -0.1) is 0 Å². The zero-order chi connectivity index (χ0) is 22.0. The predicted octanol–water partition coefficient (Wildman–Crippen LogP) is 2.78. The van der Waals surface area contributed by atoms with E-state index in [2.05, 4.69) is 0 Å².